The third kappa shape index (κ3) is 5.99. The minimum atomic E-state index is -3.12. The van der Waals surface area contributed by atoms with Crippen molar-refractivity contribution in [2.24, 2.45) is 5.92 Å². The molecular formula is C10H20N2O4S. The highest BCUT2D eigenvalue weighted by Gasteiger charge is 2.36. The summed E-state index contributed by atoms with van der Waals surface area (Å²) in [6.45, 7) is 0.975. The lowest BCUT2D eigenvalue weighted by atomic mass is 10.2. The highest BCUT2D eigenvalue weighted by atomic mass is 32.2. The Hall–Kier alpha value is -0.660. The summed E-state index contributed by atoms with van der Waals surface area (Å²) in [5, 5.41) is 3.11. The third-order valence-corrected chi connectivity index (χ3v) is 3.36. The first-order chi connectivity index (χ1) is 7.94. The van der Waals surface area contributed by atoms with Gasteiger partial charge in [-0.25, -0.2) is 13.1 Å². The van der Waals surface area contributed by atoms with Gasteiger partial charge in [-0.05, 0) is 31.7 Å². The van der Waals surface area contributed by atoms with E-state index in [9.17, 15) is 13.2 Å². The van der Waals surface area contributed by atoms with Crippen LogP contribution in [-0.4, -0.2) is 46.9 Å². The number of esters is 1. The maximum atomic E-state index is 11.4. The molecule has 0 aromatic heterocycles. The lowest BCUT2D eigenvalue weighted by molar-refractivity contribution is -0.143. The van der Waals surface area contributed by atoms with Crippen molar-refractivity contribution in [2.45, 2.75) is 25.3 Å². The second-order valence-corrected chi connectivity index (χ2v) is 6.15. The van der Waals surface area contributed by atoms with Gasteiger partial charge in [0.25, 0.3) is 0 Å². The van der Waals surface area contributed by atoms with E-state index in [4.69, 9.17) is 4.74 Å². The zero-order valence-electron chi connectivity index (χ0n) is 10.2. The fraction of sp³-hybridized carbons (Fsp3) is 0.900. The molecule has 0 amide bonds. The van der Waals surface area contributed by atoms with Crippen molar-refractivity contribution in [1.29, 1.82) is 0 Å². The zero-order chi connectivity index (χ0) is 12.9. The first kappa shape index (κ1) is 14.4. The molecule has 0 spiro atoms. The van der Waals surface area contributed by atoms with Gasteiger partial charge in [0.1, 0.15) is 6.04 Å². The molecule has 0 aliphatic heterocycles. The molecule has 7 heteroatoms. The SMILES string of the molecule is COC(=O)C(NCCCNS(C)(=O)=O)C1CC1. The molecule has 0 aromatic carbocycles. The van der Waals surface area contributed by atoms with Crippen molar-refractivity contribution in [2.75, 3.05) is 26.5 Å². The van der Waals surface area contributed by atoms with Crippen LogP contribution in [0.5, 0.6) is 0 Å². The molecule has 1 rings (SSSR count). The number of rotatable bonds is 8. The molecule has 100 valence electrons. The Morgan fingerprint density at radius 1 is 1.41 bits per heavy atom. The number of hydrogen-bond acceptors (Lipinski definition) is 5. The summed E-state index contributed by atoms with van der Waals surface area (Å²) < 4.78 is 28.7. The van der Waals surface area contributed by atoms with Gasteiger partial charge in [-0.15, -0.1) is 0 Å². The summed E-state index contributed by atoms with van der Waals surface area (Å²) in [4.78, 5) is 11.4. The van der Waals surface area contributed by atoms with Crippen LogP contribution < -0.4 is 10.0 Å². The van der Waals surface area contributed by atoms with Crippen LogP contribution in [0, 0.1) is 5.92 Å². The van der Waals surface area contributed by atoms with Gasteiger partial charge in [-0.1, -0.05) is 0 Å². The number of carbonyl (C=O) groups is 1. The topological polar surface area (TPSA) is 84.5 Å². The molecule has 1 unspecified atom stereocenters. The van der Waals surface area contributed by atoms with E-state index in [1.165, 1.54) is 7.11 Å². The minimum Gasteiger partial charge on any atom is -0.468 e. The van der Waals surface area contributed by atoms with Crippen LogP contribution in [0.3, 0.4) is 0 Å². The van der Waals surface area contributed by atoms with E-state index in [-0.39, 0.29) is 12.0 Å². The largest absolute Gasteiger partial charge is 0.468 e. The summed E-state index contributed by atoms with van der Waals surface area (Å²) in [6, 6.07) is -0.238. The number of nitrogens with one attached hydrogen (secondary N) is 2. The molecule has 1 fully saturated rings. The van der Waals surface area contributed by atoms with Crippen LogP contribution in [0.1, 0.15) is 19.3 Å². The summed E-state index contributed by atoms with van der Waals surface area (Å²) in [5.41, 5.74) is 0. The van der Waals surface area contributed by atoms with Crippen molar-refractivity contribution >= 4 is 16.0 Å². The van der Waals surface area contributed by atoms with Gasteiger partial charge >= 0.3 is 5.97 Å². The molecule has 0 saturated heterocycles. The van der Waals surface area contributed by atoms with Gasteiger partial charge in [-0.3, -0.25) is 4.79 Å². The van der Waals surface area contributed by atoms with E-state index in [1.807, 2.05) is 0 Å². The van der Waals surface area contributed by atoms with Gasteiger partial charge in [0.05, 0.1) is 13.4 Å². The summed E-state index contributed by atoms with van der Waals surface area (Å²) in [5.74, 6) is 0.147. The molecule has 1 aliphatic rings. The average molecular weight is 264 g/mol. The normalized spacial score (nSPS) is 17.8. The maximum Gasteiger partial charge on any atom is 0.323 e. The number of methoxy groups -OCH3 is 1. The fourth-order valence-corrected chi connectivity index (χ4v) is 2.12. The van der Waals surface area contributed by atoms with E-state index in [2.05, 4.69) is 10.0 Å². The summed E-state index contributed by atoms with van der Waals surface area (Å²) in [7, 11) is -1.74. The van der Waals surface area contributed by atoms with Crippen LogP contribution in [-0.2, 0) is 19.6 Å². The molecule has 1 atom stereocenters. The molecule has 17 heavy (non-hydrogen) atoms. The lowest BCUT2D eigenvalue weighted by Gasteiger charge is -2.15. The summed E-state index contributed by atoms with van der Waals surface area (Å²) >= 11 is 0. The highest BCUT2D eigenvalue weighted by molar-refractivity contribution is 7.88. The van der Waals surface area contributed by atoms with E-state index in [0.29, 0.717) is 25.4 Å². The number of carbonyl (C=O) groups excluding carboxylic acids is 1. The number of hydrogen-bond donors (Lipinski definition) is 2. The molecule has 0 radical (unpaired) electrons. The van der Waals surface area contributed by atoms with Gasteiger partial charge < -0.3 is 10.1 Å². The van der Waals surface area contributed by atoms with Crippen molar-refractivity contribution < 1.29 is 17.9 Å². The van der Waals surface area contributed by atoms with Crippen molar-refractivity contribution in [3.63, 3.8) is 0 Å². The van der Waals surface area contributed by atoms with Crippen LogP contribution in [0.15, 0.2) is 0 Å². The number of ether oxygens (including phenoxy) is 1. The van der Waals surface area contributed by atoms with Crippen LogP contribution in [0.25, 0.3) is 0 Å². The van der Waals surface area contributed by atoms with E-state index in [1.54, 1.807) is 0 Å². The fourth-order valence-electron chi connectivity index (χ4n) is 1.60. The molecular weight excluding hydrogens is 244 g/mol. The molecule has 6 nitrogen and oxygen atoms in total. The minimum absolute atomic E-state index is 0.233. The Labute approximate surface area is 102 Å². The van der Waals surface area contributed by atoms with Crippen LogP contribution in [0.2, 0.25) is 0 Å². The Balaban J connectivity index is 2.17. The first-order valence-corrected chi connectivity index (χ1v) is 7.59. The Morgan fingerprint density at radius 2 is 2.06 bits per heavy atom. The molecule has 0 heterocycles. The molecule has 2 N–H and O–H groups in total. The van der Waals surface area contributed by atoms with Gasteiger partial charge in [0.2, 0.25) is 10.0 Å². The molecule has 0 bridgehead atoms. The maximum absolute atomic E-state index is 11.4. The predicted octanol–water partition coefficient (Wildman–Crippen LogP) is -0.533. The first-order valence-electron chi connectivity index (χ1n) is 5.70. The summed E-state index contributed by atoms with van der Waals surface area (Å²) in [6.07, 6.45) is 3.87. The Bertz CT molecular complexity index is 351. The van der Waals surface area contributed by atoms with Crippen molar-refractivity contribution in [3.05, 3.63) is 0 Å². The van der Waals surface area contributed by atoms with Gasteiger partial charge in [0, 0.05) is 6.54 Å². The predicted molar refractivity (Wildman–Crippen MR) is 64.0 cm³/mol. The van der Waals surface area contributed by atoms with Crippen molar-refractivity contribution in [1.82, 2.24) is 10.0 Å². The highest BCUT2D eigenvalue weighted by Crippen LogP contribution is 2.33. The van der Waals surface area contributed by atoms with Crippen LogP contribution >= 0.6 is 0 Å². The molecule has 0 aromatic rings. The quantitative estimate of drug-likeness (QED) is 0.454. The van der Waals surface area contributed by atoms with E-state index < -0.39 is 10.0 Å². The third-order valence-electron chi connectivity index (χ3n) is 2.63. The second-order valence-electron chi connectivity index (χ2n) is 4.31. The molecule has 1 saturated carbocycles. The second kappa shape index (κ2) is 6.32. The Morgan fingerprint density at radius 3 is 2.53 bits per heavy atom. The zero-order valence-corrected chi connectivity index (χ0v) is 11.0. The van der Waals surface area contributed by atoms with Gasteiger partial charge in [0.15, 0.2) is 0 Å². The van der Waals surface area contributed by atoms with E-state index in [0.717, 1.165) is 19.1 Å². The Kier molecular flexibility index (Phi) is 5.35. The standard InChI is InChI=1S/C10H20N2O4S/c1-16-10(13)9(8-4-5-8)11-6-3-7-12-17(2,14)15/h8-9,11-12H,3-7H2,1-2H3. The smallest absolute Gasteiger partial charge is 0.323 e. The molecule has 1 aliphatic carbocycles. The van der Waals surface area contributed by atoms with Crippen LogP contribution in [0.4, 0.5) is 0 Å². The number of sulfonamides is 1. The monoisotopic (exact) mass is 264 g/mol. The van der Waals surface area contributed by atoms with E-state index >= 15 is 0 Å². The lowest BCUT2D eigenvalue weighted by Crippen LogP contribution is -2.40. The van der Waals surface area contributed by atoms with Crippen molar-refractivity contribution in [3.8, 4) is 0 Å². The average Bonchev–Trinajstić information content (AvgIpc) is 3.04. The van der Waals surface area contributed by atoms with Gasteiger partial charge in [-0.2, -0.15) is 0 Å².